The van der Waals surface area contributed by atoms with E-state index in [0.29, 0.717) is 39.8 Å². The molecule has 0 bridgehead atoms. The van der Waals surface area contributed by atoms with Crippen LogP contribution in [0.3, 0.4) is 0 Å². The van der Waals surface area contributed by atoms with Crippen LogP contribution in [0.25, 0.3) is 17.2 Å². The highest BCUT2D eigenvalue weighted by molar-refractivity contribution is 7.93. The minimum Gasteiger partial charge on any atom is -0.496 e. The minimum absolute atomic E-state index is 0.0789. The molecule has 13 nitrogen and oxygen atoms in total. The number of nitrogens with two attached hydrogens (primary N) is 2. The molecule has 5 rings (SSSR count). The number of methoxy groups -OCH3 is 4. The number of sulfone groups is 1. The number of aliphatic hydroxyl groups is 1. The molecule has 51 heavy (non-hydrogen) atoms. The van der Waals surface area contributed by atoms with E-state index in [2.05, 4.69) is 0 Å². The van der Waals surface area contributed by atoms with Crippen LogP contribution in [0.1, 0.15) is 28.2 Å². The Morgan fingerprint density at radius 1 is 0.843 bits per heavy atom. The topological polar surface area (TPSA) is 199 Å². The first kappa shape index (κ1) is 38.2. The van der Waals surface area contributed by atoms with Crippen molar-refractivity contribution in [1.82, 2.24) is 5.32 Å². The Labute approximate surface area is 296 Å². The average molecular weight is 720 g/mol. The summed E-state index contributed by atoms with van der Waals surface area (Å²) in [5.41, 5.74) is 17.0. The zero-order chi connectivity index (χ0) is 37.1. The van der Waals surface area contributed by atoms with Crippen molar-refractivity contribution in [2.75, 3.05) is 47.4 Å². The van der Waals surface area contributed by atoms with Gasteiger partial charge in [0.1, 0.15) is 35.6 Å². The van der Waals surface area contributed by atoms with E-state index in [-0.39, 0.29) is 18.3 Å². The summed E-state index contributed by atoms with van der Waals surface area (Å²) in [4.78, 5) is 23.2. The van der Waals surface area contributed by atoms with Crippen molar-refractivity contribution in [2.45, 2.75) is 17.7 Å². The lowest BCUT2D eigenvalue weighted by atomic mass is 9.98. The summed E-state index contributed by atoms with van der Waals surface area (Å²) in [5, 5.41) is 11.9. The molecule has 0 aliphatic heterocycles. The maximum atomic E-state index is 12.5. The minimum atomic E-state index is -3.55. The van der Waals surface area contributed by atoms with E-state index in [4.69, 9.17) is 40.3 Å². The van der Waals surface area contributed by atoms with E-state index in [1.165, 1.54) is 34.5 Å². The molecule has 0 saturated carbocycles. The highest BCUT2D eigenvalue weighted by atomic mass is 32.2. The van der Waals surface area contributed by atoms with Gasteiger partial charge < -0.3 is 40.3 Å². The van der Waals surface area contributed by atoms with Gasteiger partial charge in [-0.1, -0.05) is 54.6 Å². The van der Waals surface area contributed by atoms with Gasteiger partial charge >= 0.3 is 6.09 Å². The molecule has 1 atom stereocenters. The summed E-state index contributed by atoms with van der Waals surface area (Å²) in [7, 11) is 2.44. The highest BCUT2D eigenvalue weighted by Crippen LogP contribution is 2.44. The van der Waals surface area contributed by atoms with E-state index in [9.17, 15) is 18.0 Å². The van der Waals surface area contributed by atoms with Crippen LogP contribution in [-0.2, 0) is 25.1 Å². The van der Waals surface area contributed by atoms with E-state index in [1.807, 2.05) is 53.8 Å². The Morgan fingerprint density at radius 3 is 1.92 bits per heavy atom. The van der Waals surface area contributed by atoms with Crippen molar-refractivity contribution in [1.29, 1.82) is 0 Å². The number of nitrogen functional groups attached to an aromatic ring is 1. The zero-order valence-corrected chi connectivity index (χ0v) is 29.4. The van der Waals surface area contributed by atoms with Gasteiger partial charge in [-0.25, -0.2) is 13.2 Å². The molecular formula is C37H41N3O10S. The first-order valence-electron chi connectivity index (χ1n) is 15.6. The van der Waals surface area contributed by atoms with Crippen molar-refractivity contribution in [3.63, 3.8) is 0 Å². The van der Waals surface area contributed by atoms with Gasteiger partial charge in [-0.3, -0.25) is 10.1 Å². The van der Waals surface area contributed by atoms with Crippen LogP contribution < -0.4 is 35.7 Å². The van der Waals surface area contributed by atoms with Crippen LogP contribution in [-0.4, -0.2) is 73.2 Å². The number of alkyl carbamates (subject to hydrolysis) is 1. The molecule has 0 fully saturated rings. The van der Waals surface area contributed by atoms with Crippen LogP contribution in [0, 0.1) is 0 Å². The Morgan fingerprint density at radius 2 is 1.41 bits per heavy atom. The summed E-state index contributed by atoms with van der Waals surface area (Å²) in [6, 6.07) is 23.0. The molecule has 14 heteroatoms. The van der Waals surface area contributed by atoms with Crippen molar-refractivity contribution >= 4 is 33.6 Å². The largest absolute Gasteiger partial charge is 0.496 e. The highest BCUT2D eigenvalue weighted by Gasteiger charge is 2.29. The number of imide groups is 1. The van der Waals surface area contributed by atoms with Crippen LogP contribution in [0.2, 0.25) is 0 Å². The number of hydrogen-bond acceptors (Lipinski definition) is 12. The number of ether oxygens (including phenoxy) is 5. The summed E-state index contributed by atoms with van der Waals surface area (Å²) in [6.07, 6.45) is 0.574. The molecule has 0 spiro atoms. The molecule has 4 aromatic rings. The number of fused-ring (bicyclic) bond motifs is 3. The number of benzene rings is 4. The SMILES string of the molecule is COc1cc(OC)c(C=CS(=O)(=O)Cc2ccc(OC)c(N)c2)c(OC)c1.N[C@@H](CO)C(=O)NC(=O)OCC1c2ccccc2-c2ccccc21. The van der Waals surface area contributed by atoms with Gasteiger partial charge in [-0.2, -0.15) is 0 Å². The number of hydrogen-bond donors (Lipinski definition) is 4. The Kier molecular flexibility index (Phi) is 13.0. The molecule has 0 saturated heterocycles. The second-order valence-corrected chi connectivity index (χ2v) is 13.1. The monoisotopic (exact) mass is 719 g/mol. The Balaban J connectivity index is 0.000000230. The lowest BCUT2D eigenvalue weighted by Gasteiger charge is -2.15. The van der Waals surface area contributed by atoms with E-state index >= 15 is 0 Å². The maximum absolute atomic E-state index is 12.5. The smallest absolute Gasteiger partial charge is 0.413 e. The van der Waals surface area contributed by atoms with Crippen molar-refractivity contribution in [3.05, 3.63) is 107 Å². The van der Waals surface area contributed by atoms with Crippen molar-refractivity contribution in [2.24, 2.45) is 5.73 Å². The summed E-state index contributed by atoms with van der Waals surface area (Å²) >= 11 is 0. The third-order valence-corrected chi connectivity index (χ3v) is 9.25. The van der Waals surface area contributed by atoms with Gasteiger partial charge in [0.2, 0.25) is 5.91 Å². The molecule has 270 valence electrons. The number of nitrogens with one attached hydrogen (secondary N) is 1. The van der Waals surface area contributed by atoms with Gasteiger partial charge in [0.15, 0.2) is 9.84 Å². The van der Waals surface area contributed by atoms with E-state index in [0.717, 1.165) is 27.7 Å². The summed E-state index contributed by atoms with van der Waals surface area (Å²) in [6.45, 7) is -0.427. The predicted molar refractivity (Wildman–Crippen MR) is 193 cm³/mol. The molecular weight excluding hydrogens is 678 g/mol. The predicted octanol–water partition coefficient (Wildman–Crippen LogP) is 4.26. The Bertz CT molecular complexity index is 1930. The fraction of sp³-hybridized carbons (Fsp3) is 0.243. The Hall–Kier alpha value is -5.57. The van der Waals surface area contributed by atoms with Crippen LogP contribution in [0.15, 0.2) is 84.3 Å². The van der Waals surface area contributed by atoms with Gasteiger partial charge in [0, 0.05) is 23.5 Å². The zero-order valence-electron chi connectivity index (χ0n) is 28.6. The summed E-state index contributed by atoms with van der Waals surface area (Å²) in [5.74, 6) is 0.868. The molecule has 2 amide bonds. The number of amides is 2. The van der Waals surface area contributed by atoms with Crippen LogP contribution >= 0.6 is 0 Å². The van der Waals surface area contributed by atoms with E-state index < -0.39 is 34.5 Å². The second kappa shape index (κ2) is 17.4. The van der Waals surface area contributed by atoms with Gasteiger partial charge in [-0.05, 0) is 46.0 Å². The molecule has 1 aliphatic rings. The van der Waals surface area contributed by atoms with Crippen LogP contribution in [0.5, 0.6) is 23.0 Å². The van der Waals surface area contributed by atoms with Crippen molar-refractivity contribution < 1.29 is 46.8 Å². The summed E-state index contributed by atoms with van der Waals surface area (Å²) < 4.78 is 51.1. The van der Waals surface area contributed by atoms with E-state index in [1.54, 1.807) is 30.3 Å². The lowest BCUT2D eigenvalue weighted by Crippen LogP contribution is -2.45. The molecule has 0 radical (unpaired) electrons. The normalized spacial score (nSPS) is 12.5. The molecule has 1 aliphatic carbocycles. The number of rotatable bonds is 12. The fourth-order valence-electron chi connectivity index (χ4n) is 5.43. The van der Waals surface area contributed by atoms with Crippen molar-refractivity contribution in [3.8, 4) is 34.1 Å². The first-order valence-corrected chi connectivity index (χ1v) is 17.3. The molecule has 0 unspecified atom stereocenters. The fourth-order valence-corrected chi connectivity index (χ4v) is 6.52. The molecule has 4 aromatic carbocycles. The van der Waals surface area contributed by atoms with Gasteiger partial charge in [0.05, 0.1) is 52.0 Å². The van der Waals surface area contributed by atoms with Gasteiger partial charge in [0.25, 0.3) is 0 Å². The second-order valence-electron chi connectivity index (χ2n) is 11.2. The molecule has 0 heterocycles. The third-order valence-electron chi connectivity index (χ3n) is 7.96. The number of anilines is 1. The first-order chi connectivity index (χ1) is 24.4. The number of carbonyl (C=O) groups excluding carboxylic acids is 2. The standard InChI is InChI=1S/C19H23NO6S.C18H18N2O4/c1-23-14-10-18(25-3)15(19(11-14)26-4)7-8-27(21,22)12-13-5-6-17(24-2)16(20)9-13;19-16(9-21)17(22)20-18(23)24-10-15-13-7-3-1-5-11(13)12-6-2-4-8-14(12)15/h5-11H,12,20H2,1-4H3;1-8,15-16,21H,9-10,19H2,(H,20,22,23)/t;16-/m.0/s1. The average Bonchev–Trinajstić information content (AvgIpc) is 3.45. The number of carbonyl (C=O) groups is 2. The van der Waals surface area contributed by atoms with Crippen LogP contribution in [0.4, 0.5) is 10.5 Å². The number of aliphatic hydroxyl groups excluding tert-OH is 1. The van der Waals surface area contributed by atoms with Gasteiger partial charge in [-0.15, -0.1) is 0 Å². The maximum Gasteiger partial charge on any atom is 0.413 e. The molecule has 6 N–H and O–H groups in total. The lowest BCUT2D eigenvalue weighted by molar-refractivity contribution is -0.122. The molecule has 0 aromatic heterocycles. The third kappa shape index (κ3) is 9.57. The quantitative estimate of drug-likeness (QED) is 0.152.